The maximum Gasteiger partial charge on any atom is 0.305 e. The highest BCUT2D eigenvalue weighted by Crippen LogP contribution is 2.42. The van der Waals surface area contributed by atoms with Crippen LogP contribution in [0.4, 0.5) is 0 Å². The molecule has 1 fully saturated rings. The van der Waals surface area contributed by atoms with Crippen molar-refractivity contribution in [1.29, 1.82) is 0 Å². The van der Waals surface area contributed by atoms with Crippen molar-refractivity contribution in [3.63, 3.8) is 0 Å². The molecule has 0 unspecified atom stereocenters. The van der Waals surface area contributed by atoms with E-state index in [1.807, 2.05) is 0 Å². The van der Waals surface area contributed by atoms with Crippen LogP contribution in [-0.2, 0) is 40.9 Å². The number of allylic oxidation sites excluding steroid dienone is 1. The largest absolute Gasteiger partial charge is 0.469 e. The monoisotopic (exact) mass is 658 g/mol. The maximum absolute atomic E-state index is 13.5. The highest BCUT2D eigenvalue weighted by Gasteiger charge is 2.45. The highest BCUT2D eigenvalue weighted by atomic mass is 28.4. The van der Waals surface area contributed by atoms with Crippen molar-refractivity contribution in [1.82, 2.24) is 0 Å². The van der Waals surface area contributed by atoms with Crippen molar-refractivity contribution < 1.29 is 27.9 Å². The standard InChI is InChI=1S/C37H62O6Si2/c1-36(2,3)44(9,10)42-30(25-28-18-17-19-29(24-28)27-40-7)22-23-32-31(20-15-13-14-16-21-35(39)41-8)33(38)26-34(32)43-45(11,12)37(4,5)6/h17-20,22-24,30,32,34H,13-16,21,25-27H2,1-12H3/b23-22+,31-20+/t30-,32-,34-/m1/s1. The molecule has 1 aromatic rings. The predicted molar refractivity (Wildman–Crippen MR) is 190 cm³/mol. The molecule has 1 aliphatic rings. The van der Waals surface area contributed by atoms with Gasteiger partial charge in [0.2, 0.25) is 0 Å². The molecule has 0 amide bonds. The van der Waals surface area contributed by atoms with Gasteiger partial charge in [-0.1, -0.05) is 90.5 Å². The number of benzene rings is 1. The van der Waals surface area contributed by atoms with E-state index in [4.69, 9.17) is 18.3 Å². The number of unbranched alkanes of at least 4 members (excludes halogenated alkanes) is 3. The Morgan fingerprint density at radius 3 is 2.20 bits per heavy atom. The summed E-state index contributed by atoms with van der Waals surface area (Å²) in [5.41, 5.74) is 3.21. The van der Waals surface area contributed by atoms with Gasteiger partial charge in [0.05, 0.1) is 25.9 Å². The van der Waals surface area contributed by atoms with Crippen LogP contribution in [0, 0.1) is 5.92 Å². The fourth-order valence-electron chi connectivity index (χ4n) is 5.10. The smallest absolute Gasteiger partial charge is 0.305 e. The summed E-state index contributed by atoms with van der Waals surface area (Å²) in [6, 6.07) is 8.53. The van der Waals surface area contributed by atoms with Crippen LogP contribution < -0.4 is 0 Å². The average molecular weight is 659 g/mol. The van der Waals surface area contributed by atoms with E-state index in [1.54, 1.807) is 7.11 Å². The Balaban J connectivity index is 2.42. The summed E-state index contributed by atoms with van der Waals surface area (Å²) >= 11 is 0. The van der Waals surface area contributed by atoms with Crippen molar-refractivity contribution in [2.24, 2.45) is 5.92 Å². The number of methoxy groups -OCH3 is 2. The third-order valence-electron chi connectivity index (χ3n) is 9.92. The van der Waals surface area contributed by atoms with E-state index in [0.29, 0.717) is 19.4 Å². The van der Waals surface area contributed by atoms with Crippen LogP contribution in [0.25, 0.3) is 0 Å². The second-order valence-electron chi connectivity index (χ2n) is 15.7. The lowest BCUT2D eigenvalue weighted by atomic mass is 9.96. The molecule has 0 aromatic heterocycles. The van der Waals surface area contributed by atoms with E-state index in [0.717, 1.165) is 43.2 Å². The SMILES string of the molecule is COCc1cccc(C[C@@H](/C=C/[C@@H]2/C(=C\CCCCCC(=O)OC)C(=O)C[C@H]2O[Si](C)(C)C(C)(C)C)O[Si](C)(C)C(C)(C)C)c1. The molecular weight excluding hydrogens is 597 g/mol. The summed E-state index contributed by atoms with van der Waals surface area (Å²) < 4.78 is 24.1. The number of hydrogen-bond acceptors (Lipinski definition) is 6. The maximum atomic E-state index is 13.5. The van der Waals surface area contributed by atoms with Crippen LogP contribution >= 0.6 is 0 Å². The van der Waals surface area contributed by atoms with Gasteiger partial charge >= 0.3 is 5.97 Å². The molecule has 254 valence electrons. The lowest BCUT2D eigenvalue weighted by molar-refractivity contribution is -0.140. The summed E-state index contributed by atoms with van der Waals surface area (Å²) in [7, 11) is -1.07. The number of hydrogen-bond donors (Lipinski definition) is 0. The number of ketones is 1. The minimum absolute atomic E-state index is 0.0393. The van der Waals surface area contributed by atoms with Gasteiger partial charge in [0.1, 0.15) is 0 Å². The minimum atomic E-state index is -2.12. The molecule has 0 N–H and O–H groups in total. The lowest BCUT2D eigenvalue weighted by Crippen LogP contribution is -2.45. The molecule has 0 bridgehead atoms. The molecule has 6 nitrogen and oxygen atoms in total. The van der Waals surface area contributed by atoms with Gasteiger partial charge in [0.25, 0.3) is 0 Å². The lowest BCUT2D eigenvalue weighted by Gasteiger charge is -2.40. The first kappa shape index (κ1) is 39.3. The van der Waals surface area contributed by atoms with Crippen molar-refractivity contribution in [2.75, 3.05) is 14.2 Å². The average Bonchev–Trinajstić information content (AvgIpc) is 3.20. The number of Topliss-reactive ketones (excluding diaryl/α,β-unsaturated/α-hetero) is 1. The van der Waals surface area contributed by atoms with Gasteiger partial charge in [-0.25, -0.2) is 0 Å². The Hall–Kier alpha value is -1.85. The number of ether oxygens (including phenoxy) is 2. The molecule has 3 atom stereocenters. The van der Waals surface area contributed by atoms with Crippen LogP contribution in [-0.4, -0.2) is 54.8 Å². The summed E-state index contributed by atoms with van der Waals surface area (Å²) in [4.78, 5) is 25.0. The molecule has 0 aliphatic heterocycles. The van der Waals surface area contributed by atoms with E-state index < -0.39 is 16.6 Å². The van der Waals surface area contributed by atoms with E-state index >= 15 is 0 Å². The highest BCUT2D eigenvalue weighted by molar-refractivity contribution is 6.74. The third kappa shape index (κ3) is 12.0. The quantitative estimate of drug-likeness (QED) is 0.0580. The Labute approximate surface area is 276 Å². The van der Waals surface area contributed by atoms with Gasteiger partial charge < -0.3 is 18.3 Å². The number of rotatable bonds is 16. The number of carbonyl (C=O) groups excluding carboxylic acids is 2. The molecule has 45 heavy (non-hydrogen) atoms. The zero-order valence-electron chi connectivity index (χ0n) is 30.4. The molecule has 0 saturated heterocycles. The first-order valence-corrected chi connectivity index (χ1v) is 22.5. The van der Waals surface area contributed by atoms with Gasteiger partial charge in [0, 0.05) is 37.9 Å². The molecule has 8 heteroatoms. The van der Waals surface area contributed by atoms with Gasteiger partial charge in [-0.05, 0) is 66.7 Å². The molecule has 1 aliphatic carbocycles. The molecule has 0 spiro atoms. The molecular formula is C37H62O6Si2. The molecule has 2 rings (SSSR count). The molecule has 1 aromatic carbocycles. The number of esters is 1. The van der Waals surface area contributed by atoms with Gasteiger partial charge in [-0.15, -0.1) is 0 Å². The summed E-state index contributed by atoms with van der Waals surface area (Å²) in [5, 5.41) is 0.102. The summed E-state index contributed by atoms with van der Waals surface area (Å²) in [6.07, 6.45) is 11.3. The Morgan fingerprint density at radius 2 is 1.60 bits per heavy atom. The number of carbonyl (C=O) groups is 2. The van der Waals surface area contributed by atoms with Crippen molar-refractivity contribution in [3.8, 4) is 0 Å². The molecule has 0 heterocycles. The Kier molecular flexibility index (Phi) is 14.7. The van der Waals surface area contributed by atoms with Gasteiger partial charge in [0.15, 0.2) is 22.4 Å². The van der Waals surface area contributed by atoms with E-state index in [2.05, 4.69) is 110 Å². The van der Waals surface area contributed by atoms with Crippen LogP contribution in [0.3, 0.4) is 0 Å². The van der Waals surface area contributed by atoms with Crippen LogP contribution in [0.2, 0.25) is 36.3 Å². The molecule has 1 saturated carbocycles. The van der Waals surface area contributed by atoms with Crippen LogP contribution in [0.5, 0.6) is 0 Å². The summed E-state index contributed by atoms with van der Waals surface area (Å²) in [6.45, 7) is 23.2. The second-order valence-corrected chi connectivity index (χ2v) is 25.2. The zero-order valence-corrected chi connectivity index (χ0v) is 32.4. The van der Waals surface area contributed by atoms with E-state index in [1.165, 1.54) is 12.7 Å². The van der Waals surface area contributed by atoms with E-state index in [-0.39, 0.29) is 40.0 Å². The van der Waals surface area contributed by atoms with Crippen molar-refractivity contribution in [3.05, 3.63) is 59.2 Å². The first-order chi connectivity index (χ1) is 20.8. The van der Waals surface area contributed by atoms with Crippen LogP contribution in [0.15, 0.2) is 48.1 Å². The first-order valence-electron chi connectivity index (χ1n) is 16.7. The van der Waals surface area contributed by atoms with E-state index in [9.17, 15) is 9.59 Å². The van der Waals surface area contributed by atoms with Crippen molar-refractivity contribution >= 4 is 28.4 Å². The fourth-order valence-corrected chi connectivity index (χ4v) is 7.72. The fraction of sp³-hybridized carbons (Fsp3) is 0.676. The molecule has 0 radical (unpaired) electrons. The van der Waals surface area contributed by atoms with Crippen LogP contribution in [0.1, 0.15) is 91.2 Å². The normalized spacial score (nSPS) is 19.9. The zero-order chi connectivity index (χ0) is 34.1. The second kappa shape index (κ2) is 16.8. The van der Waals surface area contributed by atoms with Crippen molar-refractivity contribution in [2.45, 2.75) is 142 Å². The Bertz CT molecular complexity index is 1170. The minimum Gasteiger partial charge on any atom is -0.469 e. The third-order valence-corrected chi connectivity index (χ3v) is 18.9. The topological polar surface area (TPSA) is 71.1 Å². The predicted octanol–water partition coefficient (Wildman–Crippen LogP) is 9.35. The Morgan fingerprint density at radius 1 is 0.956 bits per heavy atom. The van der Waals surface area contributed by atoms with Gasteiger partial charge in [-0.3, -0.25) is 9.59 Å². The summed E-state index contributed by atoms with van der Waals surface area (Å²) in [5.74, 6) is -0.112. The van der Waals surface area contributed by atoms with Gasteiger partial charge in [-0.2, -0.15) is 0 Å².